The van der Waals surface area contributed by atoms with Crippen molar-refractivity contribution in [3.05, 3.63) is 0 Å². The smallest absolute Gasteiger partial charge is 0.308 e. The molecule has 0 saturated heterocycles. The average Bonchev–Trinajstić information content (AvgIpc) is 2.36. The zero-order chi connectivity index (χ0) is 13.7. The summed E-state index contributed by atoms with van der Waals surface area (Å²) in [6.45, 7) is 4.11. The first-order valence-corrected chi connectivity index (χ1v) is 9.22. The minimum absolute atomic E-state index is 0.474. The van der Waals surface area contributed by atoms with Crippen LogP contribution in [0.5, 0.6) is 0 Å². The maximum absolute atomic E-state index is 11.3. The lowest BCUT2D eigenvalue weighted by atomic mass is 10.1. The summed E-state index contributed by atoms with van der Waals surface area (Å²) in [6, 6.07) is 0. The Balaban J connectivity index is 3.10. The predicted octanol–water partition coefficient (Wildman–Crippen LogP) is 4.64. The van der Waals surface area contributed by atoms with E-state index >= 15 is 0 Å². The van der Waals surface area contributed by atoms with E-state index in [-0.39, 0.29) is 0 Å². The number of rotatable bonds is 13. The van der Waals surface area contributed by atoms with Gasteiger partial charge in [-0.2, -0.15) is 0 Å². The van der Waals surface area contributed by atoms with Gasteiger partial charge in [-0.25, -0.2) is 10.5 Å². The fraction of sp³-hybridized carbons (Fsp3) is 1.00. The first-order chi connectivity index (χ1) is 8.62. The van der Waals surface area contributed by atoms with E-state index < -0.39 is 7.60 Å². The van der Waals surface area contributed by atoms with Crippen LogP contribution < -0.4 is 5.90 Å². The molecule has 0 aliphatic rings. The molecule has 4 nitrogen and oxygen atoms in total. The molecular weight excluding hydrogens is 249 g/mol. The SMILES string of the molecule is CCCCCCCCCCCCOP(C)(=O)ON. The quantitative estimate of drug-likeness (QED) is 0.303. The van der Waals surface area contributed by atoms with Crippen molar-refractivity contribution < 1.29 is 13.7 Å². The van der Waals surface area contributed by atoms with Gasteiger partial charge in [-0.1, -0.05) is 64.7 Å². The van der Waals surface area contributed by atoms with Gasteiger partial charge in [0, 0.05) is 6.66 Å². The molecule has 1 atom stereocenters. The topological polar surface area (TPSA) is 61.5 Å². The van der Waals surface area contributed by atoms with Crippen LogP contribution in [-0.4, -0.2) is 13.3 Å². The fourth-order valence-electron chi connectivity index (χ4n) is 1.85. The van der Waals surface area contributed by atoms with E-state index in [1.807, 2.05) is 0 Å². The number of hydrogen-bond acceptors (Lipinski definition) is 4. The molecule has 0 saturated carbocycles. The molecule has 0 fully saturated rings. The van der Waals surface area contributed by atoms with Gasteiger partial charge in [0.1, 0.15) is 0 Å². The Morgan fingerprint density at radius 1 is 0.889 bits per heavy atom. The van der Waals surface area contributed by atoms with E-state index in [0.717, 1.165) is 12.8 Å². The third-order valence-electron chi connectivity index (χ3n) is 3.02. The summed E-state index contributed by atoms with van der Waals surface area (Å²) < 4.78 is 20.6. The van der Waals surface area contributed by atoms with Gasteiger partial charge in [-0.05, 0) is 6.42 Å². The van der Waals surface area contributed by atoms with Crippen LogP contribution in [0.1, 0.15) is 71.1 Å². The molecule has 5 heteroatoms. The molecule has 2 N–H and O–H groups in total. The highest BCUT2D eigenvalue weighted by molar-refractivity contribution is 7.52. The minimum atomic E-state index is -2.97. The highest BCUT2D eigenvalue weighted by atomic mass is 31.2. The van der Waals surface area contributed by atoms with E-state index in [1.165, 1.54) is 58.0 Å². The Hall–Kier alpha value is 0.110. The maximum atomic E-state index is 11.3. The largest absolute Gasteiger partial charge is 0.343 e. The summed E-state index contributed by atoms with van der Waals surface area (Å²) in [5, 5.41) is 0. The molecule has 110 valence electrons. The summed E-state index contributed by atoms with van der Waals surface area (Å²) in [5.74, 6) is 4.85. The zero-order valence-corrected chi connectivity index (χ0v) is 12.9. The van der Waals surface area contributed by atoms with Gasteiger partial charge < -0.3 is 4.52 Å². The molecule has 0 heterocycles. The molecule has 0 radical (unpaired) electrons. The third kappa shape index (κ3) is 12.6. The van der Waals surface area contributed by atoms with Crippen molar-refractivity contribution in [3.8, 4) is 0 Å². The lowest BCUT2D eigenvalue weighted by molar-refractivity contribution is 0.209. The van der Waals surface area contributed by atoms with Crippen molar-refractivity contribution in [2.75, 3.05) is 13.3 Å². The highest BCUT2D eigenvalue weighted by Crippen LogP contribution is 2.41. The molecule has 0 amide bonds. The summed E-state index contributed by atoms with van der Waals surface area (Å²) in [6.07, 6.45) is 12.7. The van der Waals surface area contributed by atoms with Crippen LogP contribution in [-0.2, 0) is 13.7 Å². The molecule has 0 rings (SSSR count). The van der Waals surface area contributed by atoms with Crippen LogP contribution in [0, 0.1) is 0 Å². The van der Waals surface area contributed by atoms with E-state index in [2.05, 4.69) is 11.5 Å². The molecule has 18 heavy (non-hydrogen) atoms. The molecular formula is C13H30NO3P. The molecule has 0 aliphatic heterocycles. The van der Waals surface area contributed by atoms with Gasteiger partial charge in [0.05, 0.1) is 6.61 Å². The first kappa shape index (κ1) is 18.1. The molecule has 0 aromatic heterocycles. The second kappa shape index (κ2) is 12.2. The van der Waals surface area contributed by atoms with Gasteiger partial charge >= 0.3 is 7.60 Å². The molecule has 0 aromatic rings. The van der Waals surface area contributed by atoms with Crippen LogP contribution in [0.3, 0.4) is 0 Å². The molecule has 0 spiro atoms. The van der Waals surface area contributed by atoms with Gasteiger partial charge in [0.25, 0.3) is 0 Å². The number of unbranched alkanes of at least 4 members (excludes halogenated alkanes) is 9. The summed E-state index contributed by atoms with van der Waals surface area (Å²) in [7, 11) is -2.97. The summed E-state index contributed by atoms with van der Waals surface area (Å²) in [5.41, 5.74) is 0. The van der Waals surface area contributed by atoms with Crippen LogP contribution in [0.15, 0.2) is 0 Å². The molecule has 0 aliphatic carbocycles. The van der Waals surface area contributed by atoms with Crippen molar-refractivity contribution in [1.82, 2.24) is 0 Å². The van der Waals surface area contributed by atoms with E-state index in [0.29, 0.717) is 6.61 Å². The van der Waals surface area contributed by atoms with Crippen LogP contribution in [0.2, 0.25) is 0 Å². The normalized spacial score (nSPS) is 14.6. The highest BCUT2D eigenvalue weighted by Gasteiger charge is 2.13. The Labute approximate surface area is 112 Å². The summed E-state index contributed by atoms with van der Waals surface area (Å²) in [4.78, 5) is 0. The van der Waals surface area contributed by atoms with E-state index in [9.17, 15) is 4.57 Å². The second-order valence-electron chi connectivity index (χ2n) is 4.89. The van der Waals surface area contributed by atoms with Crippen molar-refractivity contribution in [2.24, 2.45) is 5.90 Å². The Kier molecular flexibility index (Phi) is 12.2. The van der Waals surface area contributed by atoms with Gasteiger partial charge in [0.15, 0.2) is 0 Å². The van der Waals surface area contributed by atoms with Gasteiger partial charge in [-0.3, -0.25) is 4.57 Å². The third-order valence-corrected chi connectivity index (χ3v) is 4.05. The van der Waals surface area contributed by atoms with Crippen LogP contribution in [0.4, 0.5) is 0 Å². The van der Waals surface area contributed by atoms with Crippen molar-refractivity contribution >= 4 is 7.60 Å². The van der Waals surface area contributed by atoms with Gasteiger partial charge in [-0.15, -0.1) is 0 Å². The zero-order valence-electron chi connectivity index (χ0n) is 12.0. The minimum Gasteiger partial charge on any atom is -0.308 e. The Morgan fingerprint density at radius 3 is 1.78 bits per heavy atom. The Morgan fingerprint density at radius 2 is 1.33 bits per heavy atom. The maximum Gasteiger partial charge on any atom is 0.343 e. The van der Waals surface area contributed by atoms with E-state index in [4.69, 9.17) is 10.4 Å². The average molecular weight is 279 g/mol. The second-order valence-corrected chi connectivity index (χ2v) is 6.90. The van der Waals surface area contributed by atoms with Crippen LogP contribution >= 0.6 is 7.60 Å². The first-order valence-electron chi connectivity index (χ1n) is 7.23. The molecule has 1 unspecified atom stereocenters. The van der Waals surface area contributed by atoms with Crippen molar-refractivity contribution in [2.45, 2.75) is 71.1 Å². The predicted molar refractivity (Wildman–Crippen MR) is 76.6 cm³/mol. The monoisotopic (exact) mass is 279 g/mol. The van der Waals surface area contributed by atoms with Gasteiger partial charge in [0.2, 0.25) is 0 Å². The summed E-state index contributed by atoms with van der Waals surface area (Å²) >= 11 is 0. The standard InChI is InChI=1S/C13H30NO3P/c1-3-4-5-6-7-8-9-10-11-12-13-16-18(2,15)17-14/h3-14H2,1-2H3. The number of hydrogen-bond donors (Lipinski definition) is 1. The van der Waals surface area contributed by atoms with Crippen LogP contribution in [0.25, 0.3) is 0 Å². The van der Waals surface area contributed by atoms with Crippen molar-refractivity contribution in [1.29, 1.82) is 0 Å². The van der Waals surface area contributed by atoms with E-state index in [1.54, 1.807) is 0 Å². The van der Waals surface area contributed by atoms with Crippen molar-refractivity contribution in [3.63, 3.8) is 0 Å². The number of nitrogens with two attached hydrogens (primary N) is 1. The fourth-order valence-corrected chi connectivity index (χ4v) is 2.37. The lowest BCUT2D eigenvalue weighted by Crippen LogP contribution is -2.00. The molecule has 0 bridgehead atoms. The Bertz CT molecular complexity index is 224. The lowest BCUT2D eigenvalue weighted by Gasteiger charge is -2.09. The molecule has 0 aromatic carbocycles.